The second kappa shape index (κ2) is 4.88. The first kappa shape index (κ1) is 11.5. The van der Waals surface area contributed by atoms with Crippen LogP contribution in [0.2, 0.25) is 0 Å². The lowest BCUT2D eigenvalue weighted by atomic mass is 10.0. The Labute approximate surface area is 98.4 Å². The van der Waals surface area contributed by atoms with Gasteiger partial charge in [-0.25, -0.2) is 0 Å². The topological polar surface area (TPSA) is 29.3 Å². The summed E-state index contributed by atoms with van der Waals surface area (Å²) in [4.78, 5) is 2.48. The van der Waals surface area contributed by atoms with Crippen molar-refractivity contribution in [3.05, 3.63) is 29.8 Å². The fourth-order valence-corrected chi connectivity index (χ4v) is 2.46. The van der Waals surface area contributed by atoms with Crippen LogP contribution in [0.3, 0.4) is 0 Å². The highest BCUT2D eigenvalue weighted by atomic mass is 15.2. The first-order valence-corrected chi connectivity index (χ1v) is 6.31. The molecule has 1 saturated heterocycles. The van der Waals surface area contributed by atoms with Crippen LogP contribution < -0.4 is 10.6 Å². The van der Waals surface area contributed by atoms with E-state index < -0.39 is 0 Å². The SMILES string of the molecule is CCC(N)c1ccccc1N1CCC(C)C1. The summed E-state index contributed by atoms with van der Waals surface area (Å²) in [5.41, 5.74) is 8.82. The predicted octanol–water partition coefficient (Wildman–Crippen LogP) is 2.94. The molecule has 1 fully saturated rings. The van der Waals surface area contributed by atoms with Crippen LogP contribution >= 0.6 is 0 Å². The molecule has 0 aliphatic carbocycles. The average molecular weight is 218 g/mol. The van der Waals surface area contributed by atoms with Crippen molar-refractivity contribution in [2.75, 3.05) is 18.0 Å². The van der Waals surface area contributed by atoms with Gasteiger partial charge in [-0.15, -0.1) is 0 Å². The Morgan fingerprint density at radius 2 is 2.19 bits per heavy atom. The maximum atomic E-state index is 6.17. The molecule has 0 amide bonds. The molecule has 2 unspecified atom stereocenters. The molecule has 88 valence electrons. The van der Waals surface area contributed by atoms with Gasteiger partial charge >= 0.3 is 0 Å². The Balaban J connectivity index is 2.26. The van der Waals surface area contributed by atoms with E-state index in [1.165, 1.54) is 30.8 Å². The minimum atomic E-state index is 0.173. The number of rotatable bonds is 3. The molecule has 0 spiro atoms. The Hall–Kier alpha value is -1.02. The van der Waals surface area contributed by atoms with E-state index in [1.54, 1.807) is 0 Å². The average Bonchev–Trinajstić information content (AvgIpc) is 2.75. The molecule has 0 radical (unpaired) electrons. The van der Waals surface area contributed by atoms with E-state index in [4.69, 9.17) is 5.73 Å². The van der Waals surface area contributed by atoms with Crippen molar-refractivity contribution in [1.82, 2.24) is 0 Å². The number of nitrogens with two attached hydrogens (primary N) is 1. The zero-order valence-corrected chi connectivity index (χ0v) is 10.3. The summed E-state index contributed by atoms with van der Waals surface area (Å²) in [5, 5.41) is 0. The van der Waals surface area contributed by atoms with Crippen LogP contribution in [0.25, 0.3) is 0 Å². The van der Waals surface area contributed by atoms with Crippen molar-refractivity contribution in [2.24, 2.45) is 11.7 Å². The monoisotopic (exact) mass is 218 g/mol. The fraction of sp³-hybridized carbons (Fsp3) is 0.571. The lowest BCUT2D eigenvalue weighted by Crippen LogP contribution is -2.22. The molecule has 1 aromatic rings. The number of anilines is 1. The van der Waals surface area contributed by atoms with E-state index in [0.29, 0.717) is 0 Å². The highest BCUT2D eigenvalue weighted by molar-refractivity contribution is 5.55. The Kier molecular flexibility index (Phi) is 3.49. The standard InChI is InChI=1S/C14H22N2/c1-3-13(15)12-6-4-5-7-14(12)16-9-8-11(2)10-16/h4-7,11,13H,3,8-10,15H2,1-2H3. The molecule has 0 saturated carbocycles. The van der Waals surface area contributed by atoms with E-state index in [-0.39, 0.29) is 6.04 Å². The van der Waals surface area contributed by atoms with E-state index >= 15 is 0 Å². The molecule has 16 heavy (non-hydrogen) atoms. The smallest absolute Gasteiger partial charge is 0.0414 e. The van der Waals surface area contributed by atoms with Gasteiger partial charge in [0.25, 0.3) is 0 Å². The van der Waals surface area contributed by atoms with Gasteiger partial charge in [-0.2, -0.15) is 0 Å². The molecule has 2 heteroatoms. The fourth-order valence-electron chi connectivity index (χ4n) is 2.46. The van der Waals surface area contributed by atoms with Gasteiger partial charge in [-0.1, -0.05) is 32.0 Å². The van der Waals surface area contributed by atoms with Gasteiger partial charge in [0.1, 0.15) is 0 Å². The molecule has 1 aliphatic heterocycles. The van der Waals surface area contributed by atoms with E-state index in [1.807, 2.05) is 0 Å². The first-order chi connectivity index (χ1) is 7.72. The number of hydrogen-bond donors (Lipinski definition) is 1. The minimum Gasteiger partial charge on any atom is -0.371 e. The summed E-state index contributed by atoms with van der Waals surface area (Å²) in [6, 6.07) is 8.76. The molecule has 2 rings (SSSR count). The molecule has 1 aliphatic rings. The number of para-hydroxylation sites is 1. The van der Waals surface area contributed by atoms with Crippen molar-refractivity contribution in [3.8, 4) is 0 Å². The van der Waals surface area contributed by atoms with Crippen LogP contribution in [0.5, 0.6) is 0 Å². The quantitative estimate of drug-likeness (QED) is 0.845. The Morgan fingerprint density at radius 1 is 1.44 bits per heavy atom. The molecule has 1 aromatic carbocycles. The molecular weight excluding hydrogens is 196 g/mol. The van der Waals surface area contributed by atoms with E-state index in [2.05, 4.69) is 43.0 Å². The highest BCUT2D eigenvalue weighted by Crippen LogP contribution is 2.30. The molecule has 1 heterocycles. The van der Waals surface area contributed by atoms with Crippen molar-refractivity contribution in [3.63, 3.8) is 0 Å². The maximum Gasteiger partial charge on any atom is 0.0414 e. The van der Waals surface area contributed by atoms with Crippen LogP contribution in [-0.2, 0) is 0 Å². The van der Waals surface area contributed by atoms with E-state index in [9.17, 15) is 0 Å². The molecule has 2 atom stereocenters. The number of hydrogen-bond acceptors (Lipinski definition) is 2. The molecular formula is C14H22N2. The van der Waals surface area contributed by atoms with Crippen LogP contribution in [0, 0.1) is 5.92 Å². The zero-order chi connectivity index (χ0) is 11.5. The normalized spacial score (nSPS) is 22.4. The van der Waals surface area contributed by atoms with Gasteiger partial charge in [0.05, 0.1) is 0 Å². The van der Waals surface area contributed by atoms with Crippen molar-refractivity contribution >= 4 is 5.69 Å². The summed E-state index contributed by atoms with van der Waals surface area (Å²) in [6.07, 6.45) is 2.30. The number of benzene rings is 1. The highest BCUT2D eigenvalue weighted by Gasteiger charge is 2.21. The lowest BCUT2D eigenvalue weighted by Gasteiger charge is -2.24. The third-order valence-corrected chi connectivity index (χ3v) is 3.54. The summed E-state index contributed by atoms with van der Waals surface area (Å²) >= 11 is 0. The maximum absolute atomic E-state index is 6.17. The third kappa shape index (κ3) is 2.22. The van der Waals surface area contributed by atoms with Gasteiger partial charge < -0.3 is 10.6 Å². The molecule has 0 aromatic heterocycles. The summed E-state index contributed by atoms with van der Waals surface area (Å²) in [6.45, 7) is 6.82. The van der Waals surface area contributed by atoms with Crippen LogP contribution in [0.4, 0.5) is 5.69 Å². The minimum absolute atomic E-state index is 0.173. The molecule has 2 N–H and O–H groups in total. The molecule has 2 nitrogen and oxygen atoms in total. The van der Waals surface area contributed by atoms with Crippen molar-refractivity contribution in [2.45, 2.75) is 32.7 Å². The Morgan fingerprint density at radius 3 is 2.81 bits per heavy atom. The summed E-state index contributed by atoms with van der Waals surface area (Å²) < 4.78 is 0. The first-order valence-electron chi connectivity index (χ1n) is 6.31. The van der Waals surface area contributed by atoms with Gasteiger partial charge in [-0.05, 0) is 30.4 Å². The Bertz CT molecular complexity index is 348. The molecule has 0 bridgehead atoms. The van der Waals surface area contributed by atoms with E-state index in [0.717, 1.165) is 12.3 Å². The third-order valence-electron chi connectivity index (χ3n) is 3.54. The van der Waals surface area contributed by atoms with Gasteiger partial charge in [-0.3, -0.25) is 0 Å². The van der Waals surface area contributed by atoms with Crippen LogP contribution in [0.1, 0.15) is 38.3 Å². The number of nitrogens with zero attached hydrogens (tertiary/aromatic N) is 1. The van der Waals surface area contributed by atoms with Crippen LogP contribution in [-0.4, -0.2) is 13.1 Å². The summed E-state index contributed by atoms with van der Waals surface area (Å²) in [7, 11) is 0. The van der Waals surface area contributed by atoms with Gasteiger partial charge in [0, 0.05) is 24.8 Å². The summed E-state index contributed by atoms with van der Waals surface area (Å²) in [5.74, 6) is 0.811. The van der Waals surface area contributed by atoms with Crippen molar-refractivity contribution in [1.29, 1.82) is 0 Å². The largest absolute Gasteiger partial charge is 0.371 e. The van der Waals surface area contributed by atoms with Crippen LogP contribution in [0.15, 0.2) is 24.3 Å². The van der Waals surface area contributed by atoms with Gasteiger partial charge in [0.2, 0.25) is 0 Å². The van der Waals surface area contributed by atoms with Gasteiger partial charge in [0.15, 0.2) is 0 Å². The van der Waals surface area contributed by atoms with Crippen molar-refractivity contribution < 1.29 is 0 Å². The second-order valence-corrected chi connectivity index (χ2v) is 4.91. The second-order valence-electron chi connectivity index (χ2n) is 4.91. The zero-order valence-electron chi connectivity index (χ0n) is 10.3. The predicted molar refractivity (Wildman–Crippen MR) is 69.7 cm³/mol. The lowest BCUT2D eigenvalue weighted by molar-refractivity contribution is 0.657.